The molecule has 1 heterocycles. The smallest absolute Gasteiger partial charge is 0.323 e. The number of carboxylic acids is 1. The summed E-state index contributed by atoms with van der Waals surface area (Å²) in [6.45, 7) is 5.41. The molecule has 1 aromatic rings. The van der Waals surface area contributed by atoms with Crippen molar-refractivity contribution in [3.63, 3.8) is 0 Å². The number of aromatic nitrogens is 1. The van der Waals surface area contributed by atoms with E-state index in [1.807, 2.05) is 20.8 Å². The van der Waals surface area contributed by atoms with Crippen molar-refractivity contribution in [3.05, 3.63) is 23.9 Å². The summed E-state index contributed by atoms with van der Waals surface area (Å²) in [5, 5.41) is 8.93. The Morgan fingerprint density at radius 2 is 2.00 bits per heavy atom. The number of carbonyl (C=O) groups excluding carboxylic acids is 1. The predicted molar refractivity (Wildman–Crippen MR) is 67.5 cm³/mol. The van der Waals surface area contributed by atoms with Crippen LogP contribution in [0.4, 0.5) is 5.82 Å². The van der Waals surface area contributed by atoms with Crippen LogP contribution in [0.5, 0.6) is 0 Å². The van der Waals surface area contributed by atoms with Gasteiger partial charge in [0.25, 0.3) is 5.91 Å². The van der Waals surface area contributed by atoms with Gasteiger partial charge < -0.3 is 15.7 Å². The summed E-state index contributed by atoms with van der Waals surface area (Å²) in [5.41, 5.74) is 4.85. The normalized spacial score (nSPS) is 11.1. The van der Waals surface area contributed by atoms with E-state index in [0.717, 1.165) is 0 Å². The molecule has 0 saturated carbocycles. The monoisotopic (exact) mass is 251 g/mol. The molecule has 18 heavy (non-hydrogen) atoms. The van der Waals surface area contributed by atoms with Gasteiger partial charge in [-0.1, -0.05) is 6.07 Å². The lowest BCUT2D eigenvalue weighted by Gasteiger charge is -2.35. The lowest BCUT2D eigenvalue weighted by atomic mass is 10.1. The SMILES string of the molecule is CC(C)(C)N(CC(=O)O)c1cccc(C(N)=O)n1. The number of anilines is 1. The predicted octanol–water partition coefficient (Wildman–Crippen LogP) is 0.870. The highest BCUT2D eigenvalue weighted by atomic mass is 16.4. The summed E-state index contributed by atoms with van der Waals surface area (Å²) in [7, 11) is 0. The van der Waals surface area contributed by atoms with Gasteiger partial charge in [0.05, 0.1) is 0 Å². The minimum Gasteiger partial charge on any atom is -0.480 e. The lowest BCUT2D eigenvalue weighted by molar-refractivity contribution is -0.135. The molecule has 1 rings (SSSR count). The Morgan fingerprint density at radius 1 is 1.39 bits per heavy atom. The van der Waals surface area contributed by atoms with Gasteiger partial charge in [-0.3, -0.25) is 9.59 Å². The molecule has 6 nitrogen and oxygen atoms in total. The van der Waals surface area contributed by atoms with Crippen LogP contribution in [0, 0.1) is 0 Å². The Kier molecular flexibility index (Phi) is 3.90. The number of pyridine rings is 1. The first-order valence-electron chi connectivity index (χ1n) is 5.48. The van der Waals surface area contributed by atoms with Gasteiger partial charge in [-0.25, -0.2) is 4.98 Å². The maximum Gasteiger partial charge on any atom is 0.323 e. The molecule has 0 radical (unpaired) electrons. The van der Waals surface area contributed by atoms with Crippen molar-refractivity contribution in [2.75, 3.05) is 11.4 Å². The standard InChI is InChI=1S/C12H17N3O3/c1-12(2,3)15(7-10(16)17)9-6-4-5-8(14-9)11(13)18/h4-6H,7H2,1-3H3,(H2,13,18)(H,16,17). The Bertz CT molecular complexity index is 466. The number of primary amides is 1. The van der Waals surface area contributed by atoms with E-state index in [-0.39, 0.29) is 12.2 Å². The molecular formula is C12H17N3O3. The fourth-order valence-corrected chi connectivity index (χ4v) is 1.51. The molecule has 0 bridgehead atoms. The maximum atomic E-state index is 11.1. The first-order valence-corrected chi connectivity index (χ1v) is 5.48. The first kappa shape index (κ1) is 14.0. The number of carboxylic acid groups (broad SMARTS) is 1. The molecule has 0 aliphatic rings. The zero-order valence-electron chi connectivity index (χ0n) is 10.7. The number of nitrogens with zero attached hydrogens (tertiary/aromatic N) is 2. The van der Waals surface area contributed by atoms with Crippen molar-refractivity contribution in [3.8, 4) is 0 Å². The van der Waals surface area contributed by atoms with E-state index < -0.39 is 17.4 Å². The topological polar surface area (TPSA) is 96.5 Å². The van der Waals surface area contributed by atoms with Crippen molar-refractivity contribution in [1.82, 2.24) is 4.98 Å². The van der Waals surface area contributed by atoms with E-state index in [0.29, 0.717) is 5.82 Å². The Balaban J connectivity index is 3.17. The van der Waals surface area contributed by atoms with E-state index in [1.165, 1.54) is 6.07 Å². The molecule has 0 saturated heterocycles. The van der Waals surface area contributed by atoms with Gasteiger partial charge in [-0.15, -0.1) is 0 Å². The number of rotatable bonds is 4. The second-order valence-corrected chi connectivity index (χ2v) is 4.90. The first-order chi connectivity index (χ1) is 8.21. The third-order valence-electron chi connectivity index (χ3n) is 2.37. The van der Waals surface area contributed by atoms with Gasteiger partial charge in [0, 0.05) is 5.54 Å². The Morgan fingerprint density at radius 3 is 2.44 bits per heavy atom. The second kappa shape index (κ2) is 5.03. The van der Waals surface area contributed by atoms with E-state index >= 15 is 0 Å². The van der Waals surface area contributed by atoms with Gasteiger partial charge in [0.15, 0.2) is 0 Å². The summed E-state index contributed by atoms with van der Waals surface area (Å²) >= 11 is 0. The highest BCUT2D eigenvalue weighted by Crippen LogP contribution is 2.21. The zero-order chi connectivity index (χ0) is 13.9. The number of amides is 1. The second-order valence-electron chi connectivity index (χ2n) is 4.90. The number of aliphatic carboxylic acids is 1. The minimum atomic E-state index is -0.962. The highest BCUT2D eigenvalue weighted by Gasteiger charge is 2.25. The van der Waals surface area contributed by atoms with Crippen LogP contribution in [0.1, 0.15) is 31.3 Å². The highest BCUT2D eigenvalue weighted by molar-refractivity contribution is 5.91. The average molecular weight is 251 g/mol. The fourth-order valence-electron chi connectivity index (χ4n) is 1.51. The van der Waals surface area contributed by atoms with Crippen LogP contribution < -0.4 is 10.6 Å². The van der Waals surface area contributed by atoms with Crippen LogP contribution >= 0.6 is 0 Å². The van der Waals surface area contributed by atoms with Gasteiger partial charge in [-0.05, 0) is 32.9 Å². The molecule has 0 unspecified atom stereocenters. The molecule has 1 amide bonds. The maximum absolute atomic E-state index is 11.1. The third-order valence-corrected chi connectivity index (χ3v) is 2.37. The molecular weight excluding hydrogens is 234 g/mol. The zero-order valence-corrected chi connectivity index (χ0v) is 10.7. The fraction of sp³-hybridized carbons (Fsp3) is 0.417. The number of nitrogens with two attached hydrogens (primary N) is 1. The van der Waals surface area contributed by atoms with E-state index in [4.69, 9.17) is 10.8 Å². The molecule has 0 aliphatic carbocycles. The molecule has 0 spiro atoms. The van der Waals surface area contributed by atoms with Crippen molar-refractivity contribution >= 4 is 17.7 Å². The molecule has 1 aromatic heterocycles. The van der Waals surface area contributed by atoms with Gasteiger partial charge >= 0.3 is 5.97 Å². The van der Waals surface area contributed by atoms with Crippen molar-refractivity contribution in [2.45, 2.75) is 26.3 Å². The van der Waals surface area contributed by atoms with Crippen LogP contribution in [0.15, 0.2) is 18.2 Å². The van der Waals surface area contributed by atoms with Gasteiger partial charge in [0.1, 0.15) is 18.1 Å². The van der Waals surface area contributed by atoms with Gasteiger partial charge in [-0.2, -0.15) is 0 Å². The third kappa shape index (κ3) is 3.44. The van der Waals surface area contributed by atoms with Crippen LogP contribution in [-0.4, -0.2) is 34.1 Å². The molecule has 0 fully saturated rings. The average Bonchev–Trinajstić information content (AvgIpc) is 2.24. The summed E-state index contributed by atoms with van der Waals surface area (Å²) in [6.07, 6.45) is 0. The Hall–Kier alpha value is -2.11. The van der Waals surface area contributed by atoms with Crippen molar-refractivity contribution < 1.29 is 14.7 Å². The molecule has 0 aromatic carbocycles. The van der Waals surface area contributed by atoms with Crippen LogP contribution in [-0.2, 0) is 4.79 Å². The molecule has 0 aliphatic heterocycles. The molecule has 3 N–H and O–H groups in total. The summed E-state index contributed by atoms with van der Waals surface area (Å²) in [6, 6.07) is 4.77. The number of hydrogen-bond donors (Lipinski definition) is 2. The Labute approximate surface area is 105 Å². The van der Waals surface area contributed by atoms with E-state index in [1.54, 1.807) is 17.0 Å². The molecule has 98 valence electrons. The van der Waals surface area contributed by atoms with Crippen molar-refractivity contribution in [1.29, 1.82) is 0 Å². The minimum absolute atomic E-state index is 0.118. The molecule has 6 heteroatoms. The van der Waals surface area contributed by atoms with Crippen LogP contribution in [0.3, 0.4) is 0 Å². The molecule has 0 atom stereocenters. The summed E-state index contributed by atoms with van der Waals surface area (Å²) in [5.74, 6) is -1.18. The van der Waals surface area contributed by atoms with E-state index in [9.17, 15) is 9.59 Å². The lowest BCUT2D eigenvalue weighted by Crippen LogP contribution is -2.45. The summed E-state index contributed by atoms with van der Waals surface area (Å²) in [4.78, 5) is 27.6. The van der Waals surface area contributed by atoms with Crippen LogP contribution in [0.2, 0.25) is 0 Å². The van der Waals surface area contributed by atoms with Gasteiger partial charge in [0.2, 0.25) is 0 Å². The van der Waals surface area contributed by atoms with Crippen molar-refractivity contribution in [2.24, 2.45) is 5.73 Å². The number of carbonyl (C=O) groups is 2. The summed E-state index contributed by atoms with van der Waals surface area (Å²) < 4.78 is 0. The van der Waals surface area contributed by atoms with Crippen LogP contribution in [0.25, 0.3) is 0 Å². The number of hydrogen-bond acceptors (Lipinski definition) is 4. The largest absolute Gasteiger partial charge is 0.480 e. The van der Waals surface area contributed by atoms with E-state index in [2.05, 4.69) is 4.98 Å². The quantitative estimate of drug-likeness (QED) is 0.827.